The first kappa shape index (κ1) is 16.0. The zero-order valence-electron chi connectivity index (χ0n) is 11.4. The van der Waals surface area contributed by atoms with Crippen LogP contribution in [0.5, 0.6) is 0 Å². The van der Waals surface area contributed by atoms with Crippen molar-refractivity contribution in [2.75, 3.05) is 17.2 Å². The Morgan fingerprint density at radius 1 is 1.38 bits per heavy atom. The number of anilines is 3. The molecule has 1 aromatic carbocycles. The maximum absolute atomic E-state index is 9.09. The lowest BCUT2D eigenvalue weighted by atomic mass is 10.3. The highest BCUT2D eigenvalue weighted by molar-refractivity contribution is 9.10. The molecule has 8 heteroatoms. The smallest absolute Gasteiger partial charge is 0.229 e. The van der Waals surface area contributed by atoms with E-state index < -0.39 is 0 Å². The number of halogens is 1. The monoisotopic (exact) mass is 369 g/mol. The van der Waals surface area contributed by atoms with E-state index in [4.69, 9.17) is 10.2 Å². The van der Waals surface area contributed by atoms with E-state index in [1.54, 1.807) is 6.20 Å². The van der Waals surface area contributed by atoms with Gasteiger partial charge < -0.3 is 15.7 Å². The molecule has 0 fully saturated rings. The van der Waals surface area contributed by atoms with Gasteiger partial charge in [0.05, 0.1) is 11.1 Å². The van der Waals surface area contributed by atoms with Gasteiger partial charge in [0.1, 0.15) is 5.82 Å². The number of aliphatic hydroxyl groups excluding tert-OH is 1. The average molecular weight is 370 g/mol. The lowest BCUT2D eigenvalue weighted by molar-refractivity contribution is 0.281. The van der Waals surface area contributed by atoms with Gasteiger partial charge in [-0.1, -0.05) is 0 Å². The fourth-order valence-electron chi connectivity index (χ4n) is 1.55. The van der Waals surface area contributed by atoms with E-state index in [1.165, 1.54) is 11.9 Å². The molecule has 2 rings (SSSR count). The molecule has 2 aromatic rings. The fraction of sp³-hybridized carbons (Fsp3) is 0.231. The summed E-state index contributed by atoms with van der Waals surface area (Å²) in [6.45, 7) is 1.89. The largest absolute Gasteiger partial charge is 0.394 e. The molecule has 1 heterocycles. The number of aliphatic hydroxyl groups is 1. The molecule has 21 heavy (non-hydrogen) atoms. The minimum Gasteiger partial charge on any atom is -0.394 e. The molecule has 0 saturated heterocycles. The summed E-state index contributed by atoms with van der Waals surface area (Å²) in [7, 11) is 0. The zero-order valence-corrected chi connectivity index (χ0v) is 13.8. The van der Waals surface area contributed by atoms with Gasteiger partial charge >= 0.3 is 0 Å². The first-order valence-electron chi connectivity index (χ1n) is 6.26. The predicted octanol–water partition coefficient (Wildman–Crippen LogP) is 2.74. The number of hydrogen-bond donors (Lipinski definition) is 4. The SMILES string of the molecule is CC(CO)Nc1nc(Nc2ccc(SN)cc2)ncc1Br. The van der Waals surface area contributed by atoms with E-state index in [2.05, 4.69) is 36.5 Å². The van der Waals surface area contributed by atoms with Crippen LogP contribution in [0.1, 0.15) is 6.92 Å². The van der Waals surface area contributed by atoms with Crippen LogP contribution in [-0.4, -0.2) is 27.7 Å². The van der Waals surface area contributed by atoms with Crippen LogP contribution in [0.2, 0.25) is 0 Å². The van der Waals surface area contributed by atoms with Crippen molar-refractivity contribution in [3.8, 4) is 0 Å². The molecule has 0 aliphatic carbocycles. The predicted molar refractivity (Wildman–Crippen MR) is 89.7 cm³/mol. The molecule has 0 aliphatic rings. The van der Waals surface area contributed by atoms with E-state index in [0.29, 0.717) is 11.8 Å². The third-order valence-electron chi connectivity index (χ3n) is 2.65. The van der Waals surface area contributed by atoms with Gasteiger partial charge in [0.15, 0.2) is 0 Å². The standard InChI is InChI=1S/C13H16BrN5OS/c1-8(7-20)17-12-11(14)6-16-13(19-12)18-9-2-4-10(21-15)5-3-9/h2-6,8,20H,7,15H2,1H3,(H2,16,17,18,19). The second kappa shape index (κ2) is 7.60. The second-order valence-electron chi connectivity index (χ2n) is 4.39. The van der Waals surface area contributed by atoms with E-state index >= 15 is 0 Å². The van der Waals surface area contributed by atoms with Gasteiger partial charge in [0, 0.05) is 22.8 Å². The minimum atomic E-state index is -0.0927. The van der Waals surface area contributed by atoms with Gasteiger partial charge in [0.2, 0.25) is 5.95 Å². The Hall–Kier alpha value is -1.35. The van der Waals surface area contributed by atoms with Crippen LogP contribution in [0.25, 0.3) is 0 Å². The van der Waals surface area contributed by atoms with Gasteiger partial charge in [-0.25, -0.2) is 4.98 Å². The topological polar surface area (TPSA) is 96.1 Å². The van der Waals surface area contributed by atoms with Crippen molar-refractivity contribution < 1.29 is 5.11 Å². The highest BCUT2D eigenvalue weighted by atomic mass is 79.9. The van der Waals surface area contributed by atoms with Crippen molar-refractivity contribution in [3.63, 3.8) is 0 Å². The van der Waals surface area contributed by atoms with Crippen molar-refractivity contribution in [2.45, 2.75) is 17.9 Å². The maximum Gasteiger partial charge on any atom is 0.229 e. The van der Waals surface area contributed by atoms with Gasteiger partial charge in [-0.3, -0.25) is 5.14 Å². The molecule has 0 saturated carbocycles. The Bertz CT molecular complexity index is 596. The fourth-order valence-corrected chi connectivity index (χ4v) is 2.15. The van der Waals surface area contributed by atoms with Crippen LogP contribution in [0, 0.1) is 0 Å². The minimum absolute atomic E-state index is 0.0252. The quantitative estimate of drug-likeness (QED) is 0.581. The molecular weight excluding hydrogens is 354 g/mol. The summed E-state index contributed by atoms with van der Waals surface area (Å²) in [4.78, 5) is 9.57. The maximum atomic E-state index is 9.09. The average Bonchev–Trinajstić information content (AvgIpc) is 2.51. The molecule has 6 nitrogen and oxygen atoms in total. The van der Waals surface area contributed by atoms with Crippen molar-refractivity contribution >= 4 is 45.3 Å². The van der Waals surface area contributed by atoms with E-state index in [-0.39, 0.29) is 12.6 Å². The van der Waals surface area contributed by atoms with Gasteiger partial charge in [-0.15, -0.1) is 0 Å². The van der Waals surface area contributed by atoms with Gasteiger partial charge in [-0.05, 0) is 59.1 Å². The lowest BCUT2D eigenvalue weighted by Gasteiger charge is -2.14. The van der Waals surface area contributed by atoms with Crippen molar-refractivity contribution in [1.82, 2.24) is 9.97 Å². The molecule has 1 atom stereocenters. The van der Waals surface area contributed by atoms with Crippen molar-refractivity contribution in [1.29, 1.82) is 0 Å². The number of hydrogen-bond acceptors (Lipinski definition) is 7. The summed E-state index contributed by atoms with van der Waals surface area (Å²) in [5, 5.41) is 20.8. The number of aromatic nitrogens is 2. The summed E-state index contributed by atoms with van der Waals surface area (Å²) < 4.78 is 0.739. The molecule has 1 aromatic heterocycles. The normalized spacial score (nSPS) is 12.0. The Kier molecular flexibility index (Phi) is 5.80. The van der Waals surface area contributed by atoms with Gasteiger partial charge in [0.25, 0.3) is 0 Å². The molecule has 0 bridgehead atoms. The van der Waals surface area contributed by atoms with Crippen LogP contribution >= 0.6 is 27.9 Å². The molecule has 0 radical (unpaired) electrons. The van der Waals surface area contributed by atoms with Crippen LogP contribution < -0.4 is 15.8 Å². The van der Waals surface area contributed by atoms with Crippen LogP contribution in [0.15, 0.2) is 39.8 Å². The van der Waals surface area contributed by atoms with Crippen molar-refractivity contribution in [2.24, 2.45) is 5.14 Å². The molecule has 0 spiro atoms. The molecule has 0 aliphatic heterocycles. The third-order valence-corrected chi connectivity index (χ3v) is 3.77. The Labute approximate surface area is 135 Å². The first-order chi connectivity index (χ1) is 10.1. The molecule has 112 valence electrons. The number of nitrogens with one attached hydrogen (secondary N) is 2. The Morgan fingerprint density at radius 2 is 2.10 bits per heavy atom. The van der Waals surface area contributed by atoms with E-state index in [9.17, 15) is 0 Å². The van der Waals surface area contributed by atoms with Crippen molar-refractivity contribution in [3.05, 3.63) is 34.9 Å². The van der Waals surface area contributed by atoms with E-state index in [1.807, 2.05) is 31.2 Å². The molecule has 1 unspecified atom stereocenters. The highest BCUT2D eigenvalue weighted by Gasteiger charge is 2.08. The van der Waals surface area contributed by atoms with E-state index in [0.717, 1.165) is 15.1 Å². The van der Waals surface area contributed by atoms with Crippen LogP contribution in [0.4, 0.5) is 17.5 Å². The first-order valence-corrected chi connectivity index (χ1v) is 7.93. The van der Waals surface area contributed by atoms with Crippen LogP contribution in [0.3, 0.4) is 0 Å². The molecule has 0 amide bonds. The third kappa shape index (κ3) is 4.57. The van der Waals surface area contributed by atoms with Crippen LogP contribution in [-0.2, 0) is 0 Å². The number of nitrogens with zero attached hydrogens (tertiary/aromatic N) is 2. The number of nitrogens with two attached hydrogens (primary N) is 1. The summed E-state index contributed by atoms with van der Waals surface area (Å²) in [5.41, 5.74) is 0.872. The second-order valence-corrected chi connectivity index (χ2v) is 5.95. The summed E-state index contributed by atoms with van der Waals surface area (Å²) in [5.74, 6) is 1.10. The number of rotatable bonds is 6. The zero-order chi connectivity index (χ0) is 15.2. The summed E-state index contributed by atoms with van der Waals surface area (Å²) >= 11 is 4.58. The highest BCUT2D eigenvalue weighted by Crippen LogP contribution is 2.23. The Balaban J connectivity index is 2.14. The summed E-state index contributed by atoms with van der Waals surface area (Å²) in [6, 6.07) is 7.55. The number of benzene rings is 1. The summed E-state index contributed by atoms with van der Waals surface area (Å²) in [6.07, 6.45) is 1.66. The Morgan fingerprint density at radius 3 is 2.71 bits per heavy atom. The molecule has 5 N–H and O–H groups in total. The lowest BCUT2D eigenvalue weighted by Crippen LogP contribution is -2.20. The van der Waals surface area contributed by atoms with Gasteiger partial charge in [-0.2, -0.15) is 4.98 Å². The molecular formula is C13H16BrN5OS.